The van der Waals surface area contributed by atoms with Gasteiger partial charge in [0.25, 0.3) is 0 Å². The van der Waals surface area contributed by atoms with Gasteiger partial charge in [0.1, 0.15) is 0 Å². The van der Waals surface area contributed by atoms with Gasteiger partial charge in [0.15, 0.2) is 0 Å². The van der Waals surface area contributed by atoms with Gasteiger partial charge < -0.3 is 14.8 Å². The molecule has 0 aliphatic heterocycles. The molecule has 0 radical (unpaired) electrons. The topological polar surface area (TPSA) is 75.2 Å². The number of fused-ring (bicyclic) bond motifs is 1. The van der Waals surface area contributed by atoms with E-state index in [0.717, 1.165) is 0 Å². The Labute approximate surface area is 85.7 Å². The second-order valence-corrected chi connectivity index (χ2v) is 3.06. The van der Waals surface area contributed by atoms with Crippen LogP contribution in [0.15, 0.2) is 18.3 Å². The SMILES string of the molecule is COC(=O)c1ccnc2cc(CO)[nH]c12. The van der Waals surface area contributed by atoms with Crippen molar-refractivity contribution in [2.24, 2.45) is 0 Å². The van der Waals surface area contributed by atoms with Crippen LogP contribution in [0.2, 0.25) is 0 Å². The Bertz CT molecular complexity index is 504. The van der Waals surface area contributed by atoms with Crippen molar-refractivity contribution in [1.29, 1.82) is 0 Å². The number of nitrogens with one attached hydrogen (secondary N) is 1. The molecule has 0 saturated carbocycles. The minimum Gasteiger partial charge on any atom is -0.465 e. The Morgan fingerprint density at radius 3 is 3.13 bits per heavy atom. The monoisotopic (exact) mass is 206 g/mol. The molecule has 0 saturated heterocycles. The number of esters is 1. The van der Waals surface area contributed by atoms with Crippen LogP contribution >= 0.6 is 0 Å². The van der Waals surface area contributed by atoms with Gasteiger partial charge in [0.2, 0.25) is 0 Å². The molecule has 0 bridgehead atoms. The molecule has 2 aromatic heterocycles. The predicted molar refractivity (Wildman–Crippen MR) is 53.4 cm³/mol. The maximum atomic E-state index is 11.4. The van der Waals surface area contributed by atoms with Gasteiger partial charge in [-0.25, -0.2) is 4.79 Å². The first-order valence-corrected chi connectivity index (χ1v) is 4.42. The number of rotatable bonds is 2. The van der Waals surface area contributed by atoms with Crippen molar-refractivity contribution >= 4 is 17.0 Å². The van der Waals surface area contributed by atoms with E-state index in [1.54, 1.807) is 12.1 Å². The van der Waals surface area contributed by atoms with Gasteiger partial charge in [-0.05, 0) is 12.1 Å². The third kappa shape index (κ3) is 1.57. The summed E-state index contributed by atoms with van der Waals surface area (Å²) in [5.74, 6) is -0.422. The molecule has 2 N–H and O–H groups in total. The molecule has 0 aliphatic carbocycles. The lowest BCUT2D eigenvalue weighted by Crippen LogP contribution is -2.02. The normalized spacial score (nSPS) is 10.5. The van der Waals surface area contributed by atoms with Crippen LogP contribution in [0.25, 0.3) is 11.0 Å². The Hall–Kier alpha value is -1.88. The Morgan fingerprint density at radius 2 is 2.47 bits per heavy atom. The molecule has 0 fully saturated rings. The van der Waals surface area contributed by atoms with Crippen LogP contribution in [0.3, 0.4) is 0 Å². The van der Waals surface area contributed by atoms with E-state index in [4.69, 9.17) is 5.11 Å². The van der Waals surface area contributed by atoms with Crippen molar-refractivity contribution in [3.8, 4) is 0 Å². The average molecular weight is 206 g/mol. The standard InChI is InChI=1S/C10H10N2O3/c1-15-10(14)7-2-3-11-8-4-6(5-13)12-9(7)8/h2-4,12-13H,5H2,1H3. The van der Waals surface area contributed by atoms with Gasteiger partial charge in [0.05, 0.1) is 30.3 Å². The smallest absolute Gasteiger partial charge is 0.340 e. The summed E-state index contributed by atoms with van der Waals surface area (Å²) < 4.78 is 4.64. The van der Waals surface area contributed by atoms with Gasteiger partial charge in [-0.3, -0.25) is 4.98 Å². The molecular formula is C10H10N2O3. The van der Waals surface area contributed by atoms with Gasteiger partial charge >= 0.3 is 5.97 Å². The average Bonchev–Trinajstić information content (AvgIpc) is 2.70. The lowest BCUT2D eigenvalue weighted by molar-refractivity contribution is 0.0602. The number of aliphatic hydroxyl groups is 1. The first-order valence-electron chi connectivity index (χ1n) is 4.42. The minimum atomic E-state index is -0.422. The summed E-state index contributed by atoms with van der Waals surface area (Å²) in [4.78, 5) is 18.4. The van der Waals surface area contributed by atoms with Crippen LogP contribution in [-0.2, 0) is 11.3 Å². The van der Waals surface area contributed by atoms with E-state index in [2.05, 4.69) is 14.7 Å². The molecule has 78 valence electrons. The van der Waals surface area contributed by atoms with Gasteiger partial charge in [0, 0.05) is 11.9 Å². The highest BCUT2D eigenvalue weighted by Gasteiger charge is 2.12. The van der Waals surface area contributed by atoms with Crippen molar-refractivity contribution in [3.05, 3.63) is 29.6 Å². The summed E-state index contributed by atoms with van der Waals surface area (Å²) in [6.07, 6.45) is 1.53. The second-order valence-electron chi connectivity index (χ2n) is 3.06. The fourth-order valence-electron chi connectivity index (χ4n) is 1.45. The number of aliphatic hydroxyl groups excluding tert-OH is 1. The summed E-state index contributed by atoms with van der Waals surface area (Å²) in [7, 11) is 1.32. The molecule has 2 rings (SSSR count). The zero-order chi connectivity index (χ0) is 10.8. The van der Waals surface area contributed by atoms with Crippen molar-refractivity contribution < 1.29 is 14.6 Å². The molecule has 0 atom stereocenters. The van der Waals surface area contributed by atoms with Crippen molar-refractivity contribution in [3.63, 3.8) is 0 Å². The first-order chi connectivity index (χ1) is 7.26. The number of carbonyl (C=O) groups excluding carboxylic acids is 1. The number of hydrogen-bond acceptors (Lipinski definition) is 4. The van der Waals surface area contributed by atoms with E-state index in [1.165, 1.54) is 13.3 Å². The highest BCUT2D eigenvalue weighted by Crippen LogP contribution is 2.17. The molecule has 5 heteroatoms. The number of methoxy groups -OCH3 is 1. The van der Waals surface area contributed by atoms with Crippen LogP contribution in [0.1, 0.15) is 16.1 Å². The molecule has 0 spiro atoms. The highest BCUT2D eigenvalue weighted by atomic mass is 16.5. The third-order valence-corrected chi connectivity index (χ3v) is 2.15. The van der Waals surface area contributed by atoms with E-state index in [0.29, 0.717) is 22.3 Å². The van der Waals surface area contributed by atoms with E-state index in [1.807, 2.05) is 0 Å². The Kier molecular flexibility index (Phi) is 2.39. The molecule has 0 aromatic carbocycles. The second kappa shape index (κ2) is 3.70. The molecule has 5 nitrogen and oxygen atoms in total. The van der Waals surface area contributed by atoms with Crippen molar-refractivity contribution in [2.45, 2.75) is 6.61 Å². The van der Waals surface area contributed by atoms with E-state index in [9.17, 15) is 4.79 Å². The van der Waals surface area contributed by atoms with Crippen molar-refractivity contribution in [2.75, 3.05) is 7.11 Å². The molecular weight excluding hydrogens is 196 g/mol. The molecule has 0 unspecified atom stereocenters. The zero-order valence-corrected chi connectivity index (χ0v) is 8.15. The molecule has 15 heavy (non-hydrogen) atoms. The Balaban J connectivity index is 2.64. The quantitative estimate of drug-likeness (QED) is 0.714. The fraction of sp³-hybridized carbons (Fsp3) is 0.200. The van der Waals surface area contributed by atoms with Gasteiger partial charge in [-0.2, -0.15) is 0 Å². The molecule has 0 amide bonds. The summed E-state index contributed by atoms with van der Waals surface area (Å²) >= 11 is 0. The lowest BCUT2D eigenvalue weighted by Gasteiger charge is -1.99. The lowest BCUT2D eigenvalue weighted by atomic mass is 10.2. The van der Waals surface area contributed by atoms with Crippen molar-refractivity contribution in [1.82, 2.24) is 9.97 Å². The number of pyridine rings is 1. The third-order valence-electron chi connectivity index (χ3n) is 2.15. The van der Waals surface area contributed by atoms with Crippen LogP contribution in [-0.4, -0.2) is 28.2 Å². The summed E-state index contributed by atoms with van der Waals surface area (Å²) in [6, 6.07) is 3.27. The molecule has 0 aliphatic rings. The first kappa shape index (κ1) is 9.67. The molecule has 2 aromatic rings. The number of carbonyl (C=O) groups is 1. The summed E-state index contributed by atoms with van der Waals surface area (Å²) in [5.41, 5.74) is 2.27. The number of hydrogen-bond donors (Lipinski definition) is 2. The van der Waals surface area contributed by atoms with Crippen LogP contribution < -0.4 is 0 Å². The fourth-order valence-corrected chi connectivity index (χ4v) is 1.45. The summed E-state index contributed by atoms with van der Waals surface area (Å²) in [6.45, 7) is -0.114. The van der Waals surface area contributed by atoms with Crippen LogP contribution in [0, 0.1) is 0 Å². The van der Waals surface area contributed by atoms with Gasteiger partial charge in [-0.15, -0.1) is 0 Å². The summed E-state index contributed by atoms with van der Waals surface area (Å²) in [5, 5.41) is 8.95. The number of aromatic amines is 1. The largest absolute Gasteiger partial charge is 0.465 e. The maximum absolute atomic E-state index is 11.4. The zero-order valence-electron chi connectivity index (χ0n) is 8.15. The van der Waals surface area contributed by atoms with E-state index < -0.39 is 5.97 Å². The predicted octanol–water partition coefficient (Wildman–Crippen LogP) is 0.842. The number of H-pyrrole nitrogens is 1. The van der Waals surface area contributed by atoms with Crippen LogP contribution in [0.4, 0.5) is 0 Å². The van der Waals surface area contributed by atoms with Crippen LogP contribution in [0.5, 0.6) is 0 Å². The highest BCUT2D eigenvalue weighted by molar-refractivity contribution is 6.01. The number of nitrogens with zero attached hydrogens (tertiary/aromatic N) is 1. The minimum absolute atomic E-state index is 0.114. The van der Waals surface area contributed by atoms with E-state index in [-0.39, 0.29) is 6.61 Å². The number of aromatic nitrogens is 2. The van der Waals surface area contributed by atoms with E-state index >= 15 is 0 Å². The van der Waals surface area contributed by atoms with Gasteiger partial charge in [-0.1, -0.05) is 0 Å². The Morgan fingerprint density at radius 1 is 1.67 bits per heavy atom. The molecule has 2 heterocycles. The number of ether oxygens (including phenoxy) is 1. The maximum Gasteiger partial charge on any atom is 0.340 e.